The number of carbonyl (C=O) groups is 1. The van der Waals surface area contributed by atoms with Gasteiger partial charge in [0.25, 0.3) is 5.91 Å². The van der Waals surface area contributed by atoms with Gasteiger partial charge in [-0.2, -0.15) is 0 Å². The van der Waals surface area contributed by atoms with Crippen molar-refractivity contribution in [3.8, 4) is 10.8 Å². The Morgan fingerprint density at radius 2 is 1.90 bits per heavy atom. The molecule has 0 saturated heterocycles. The molecule has 0 aliphatic carbocycles. The van der Waals surface area contributed by atoms with Gasteiger partial charge in [0.1, 0.15) is 10.8 Å². The lowest BCUT2D eigenvalue weighted by atomic mass is 10.1. The van der Waals surface area contributed by atoms with Gasteiger partial charge < -0.3 is 14.6 Å². The minimum atomic E-state index is -3.44. The number of thiophene rings is 1. The van der Waals surface area contributed by atoms with Crippen LogP contribution in [0.15, 0.2) is 42.7 Å². The van der Waals surface area contributed by atoms with E-state index >= 15 is 0 Å². The summed E-state index contributed by atoms with van der Waals surface area (Å²) in [7, 11) is -1.99. The average molecular weight is 434 g/mol. The van der Waals surface area contributed by atoms with E-state index in [1.807, 2.05) is 42.9 Å². The fraction of sp³-hybridized carbons (Fsp3) is 0.250. The van der Waals surface area contributed by atoms with Crippen LogP contribution in [0, 0.1) is 13.8 Å². The fourth-order valence-corrected chi connectivity index (χ4v) is 4.58. The molecule has 0 fully saturated rings. The maximum absolute atomic E-state index is 13.1. The van der Waals surface area contributed by atoms with Crippen LogP contribution in [0.3, 0.4) is 0 Å². The Bertz CT molecular complexity index is 1130. The molecule has 9 heteroatoms. The largest absolute Gasteiger partial charge is 0.494 e. The first-order valence-corrected chi connectivity index (χ1v) is 11.5. The fourth-order valence-electron chi connectivity index (χ4n) is 2.81. The Labute approximate surface area is 174 Å². The first-order chi connectivity index (χ1) is 13.8. The molecular formula is C20H23N3O4S2. The molecule has 1 amide bonds. The molecule has 0 saturated carbocycles. The van der Waals surface area contributed by atoms with Crippen LogP contribution in [0.4, 0.5) is 11.4 Å². The van der Waals surface area contributed by atoms with Crippen LogP contribution in [0.25, 0.3) is 5.00 Å². The molecule has 29 heavy (non-hydrogen) atoms. The molecular weight excluding hydrogens is 410 g/mol. The number of nitrogens with one attached hydrogen (secondary N) is 2. The number of aromatic nitrogens is 1. The van der Waals surface area contributed by atoms with Crippen LogP contribution >= 0.6 is 11.3 Å². The summed E-state index contributed by atoms with van der Waals surface area (Å²) in [4.78, 5) is 14.1. The molecule has 0 bridgehead atoms. The van der Waals surface area contributed by atoms with Crippen molar-refractivity contribution < 1.29 is 17.9 Å². The van der Waals surface area contributed by atoms with Crippen LogP contribution < -0.4 is 14.8 Å². The Morgan fingerprint density at radius 1 is 1.21 bits per heavy atom. The van der Waals surface area contributed by atoms with E-state index in [9.17, 15) is 13.2 Å². The minimum Gasteiger partial charge on any atom is -0.494 e. The number of sulfonamides is 1. The zero-order valence-electron chi connectivity index (χ0n) is 16.6. The van der Waals surface area contributed by atoms with Crippen molar-refractivity contribution in [2.24, 2.45) is 0 Å². The number of ether oxygens (including phenoxy) is 1. The van der Waals surface area contributed by atoms with Crippen molar-refractivity contribution in [1.29, 1.82) is 0 Å². The summed E-state index contributed by atoms with van der Waals surface area (Å²) < 4.78 is 33.4. The highest BCUT2D eigenvalue weighted by atomic mass is 32.2. The molecule has 0 radical (unpaired) electrons. The highest BCUT2D eigenvalue weighted by molar-refractivity contribution is 7.92. The quantitative estimate of drug-likeness (QED) is 0.585. The summed E-state index contributed by atoms with van der Waals surface area (Å²) in [6.45, 7) is 5.47. The molecule has 1 aromatic carbocycles. The van der Waals surface area contributed by atoms with Gasteiger partial charge in [-0.05, 0) is 50.6 Å². The summed E-state index contributed by atoms with van der Waals surface area (Å²) in [6.07, 6.45) is 3.80. The van der Waals surface area contributed by atoms with Gasteiger partial charge >= 0.3 is 0 Å². The number of anilines is 2. The summed E-state index contributed by atoms with van der Waals surface area (Å²) in [6, 6.07) is 8.62. The summed E-state index contributed by atoms with van der Waals surface area (Å²) >= 11 is 1.56. The Morgan fingerprint density at radius 3 is 2.52 bits per heavy atom. The molecule has 0 atom stereocenters. The van der Waals surface area contributed by atoms with E-state index < -0.39 is 10.0 Å². The second-order valence-electron chi connectivity index (χ2n) is 6.43. The van der Waals surface area contributed by atoms with Crippen LogP contribution in [0.5, 0.6) is 5.75 Å². The van der Waals surface area contributed by atoms with Crippen molar-refractivity contribution in [2.45, 2.75) is 20.8 Å². The molecule has 7 nitrogen and oxygen atoms in total. The van der Waals surface area contributed by atoms with Crippen LogP contribution in [0.1, 0.15) is 27.7 Å². The minimum absolute atomic E-state index is 0.0480. The zero-order chi connectivity index (χ0) is 21.2. The van der Waals surface area contributed by atoms with Crippen molar-refractivity contribution >= 4 is 38.6 Å². The molecule has 2 N–H and O–H groups in total. The van der Waals surface area contributed by atoms with Crippen molar-refractivity contribution in [3.63, 3.8) is 0 Å². The monoisotopic (exact) mass is 433 g/mol. The number of hydrogen-bond donors (Lipinski definition) is 2. The van der Waals surface area contributed by atoms with Gasteiger partial charge in [0.15, 0.2) is 0 Å². The highest BCUT2D eigenvalue weighted by Gasteiger charge is 2.21. The molecule has 3 rings (SSSR count). The zero-order valence-corrected chi connectivity index (χ0v) is 18.3. The summed E-state index contributed by atoms with van der Waals surface area (Å²) in [5.74, 6) is 0.0382. The highest BCUT2D eigenvalue weighted by Crippen LogP contribution is 2.33. The third-order valence-electron chi connectivity index (χ3n) is 4.54. The van der Waals surface area contributed by atoms with E-state index in [1.165, 1.54) is 7.11 Å². The van der Waals surface area contributed by atoms with E-state index in [0.29, 0.717) is 22.7 Å². The van der Waals surface area contributed by atoms with E-state index in [4.69, 9.17) is 4.74 Å². The predicted molar refractivity (Wildman–Crippen MR) is 117 cm³/mol. The van der Waals surface area contributed by atoms with Gasteiger partial charge in [0.05, 0.1) is 24.1 Å². The number of nitrogens with zero attached hydrogens (tertiary/aromatic N) is 1. The lowest BCUT2D eigenvalue weighted by molar-refractivity contribution is 0.102. The van der Waals surface area contributed by atoms with Crippen molar-refractivity contribution in [2.75, 3.05) is 22.9 Å². The number of methoxy groups -OCH3 is 1. The second kappa shape index (κ2) is 8.30. The SMILES string of the molecule is CCS(=O)(=O)Nc1ccc(NC(=O)c2c(-n3cccc3)sc(C)c2C)cc1OC. The van der Waals surface area contributed by atoms with E-state index in [-0.39, 0.29) is 11.7 Å². The van der Waals surface area contributed by atoms with Crippen molar-refractivity contribution in [1.82, 2.24) is 4.57 Å². The van der Waals surface area contributed by atoms with E-state index in [2.05, 4.69) is 10.0 Å². The third-order valence-corrected chi connectivity index (χ3v) is 7.05. The number of aryl methyl sites for hydroxylation is 1. The lowest BCUT2D eigenvalue weighted by Gasteiger charge is -2.13. The summed E-state index contributed by atoms with van der Waals surface area (Å²) in [5, 5.41) is 3.74. The third kappa shape index (κ3) is 4.46. The van der Waals surface area contributed by atoms with Gasteiger partial charge in [-0.25, -0.2) is 8.42 Å². The molecule has 154 valence electrons. The molecule has 2 aromatic heterocycles. The maximum atomic E-state index is 13.1. The number of benzene rings is 1. The molecule has 2 heterocycles. The number of hydrogen-bond acceptors (Lipinski definition) is 5. The number of rotatable bonds is 7. The predicted octanol–water partition coefficient (Wildman–Crippen LogP) is 4.18. The van der Waals surface area contributed by atoms with Crippen LogP contribution in [-0.4, -0.2) is 31.8 Å². The second-order valence-corrected chi connectivity index (χ2v) is 9.64. The van der Waals surface area contributed by atoms with Gasteiger partial charge in [-0.3, -0.25) is 9.52 Å². The summed E-state index contributed by atoms with van der Waals surface area (Å²) in [5.41, 5.74) is 2.37. The first-order valence-electron chi connectivity index (χ1n) is 8.99. The lowest BCUT2D eigenvalue weighted by Crippen LogP contribution is -2.16. The van der Waals surface area contributed by atoms with Gasteiger partial charge in [0.2, 0.25) is 10.0 Å². The number of carbonyl (C=O) groups excluding carboxylic acids is 1. The van der Waals surface area contributed by atoms with Crippen LogP contribution in [0.2, 0.25) is 0 Å². The maximum Gasteiger partial charge on any atom is 0.258 e. The van der Waals surface area contributed by atoms with Gasteiger partial charge in [-0.1, -0.05) is 0 Å². The van der Waals surface area contributed by atoms with E-state index in [0.717, 1.165) is 15.4 Å². The number of amides is 1. The smallest absolute Gasteiger partial charge is 0.258 e. The Balaban J connectivity index is 1.91. The average Bonchev–Trinajstić information content (AvgIpc) is 3.31. The molecule has 0 aliphatic rings. The molecule has 0 unspecified atom stereocenters. The van der Waals surface area contributed by atoms with E-state index in [1.54, 1.807) is 36.5 Å². The van der Waals surface area contributed by atoms with Gasteiger partial charge in [0, 0.05) is 29.0 Å². The van der Waals surface area contributed by atoms with Crippen LogP contribution in [-0.2, 0) is 10.0 Å². The molecule has 0 aliphatic heterocycles. The Hall–Kier alpha value is -2.78. The molecule has 3 aromatic rings. The molecule has 0 spiro atoms. The van der Waals surface area contributed by atoms with Gasteiger partial charge in [-0.15, -0.1) is 11.3 Å². The standard InChI is InChI=1S/C20H23N3O4S2/c1-5-29(25,26)22-16-9-8-15(12-17(16)27-4)21-19(24)18-13(2)14(3)28-20(18)23-10-6-7-11-23/h6-12,22H,5H2,1-4H3,(H,21,24). The van der Waals surface area contributed by atoms with Crippen molar-refractivity contribution in [3.05, 3.63) is 58.7 Å². The topological polar surface area (TPSA) is 89.4 Å². The first kappa shape index (κ1) is 20.9. The normalized spacial score (nSPS) is 11.3. The Kier molecular flexibility index (Phi) is 5.99.